The van der Waals surface area contributed by atoms with E-state index in [4.69, 9.17) is 0 Å². The Hall–Kier alpha value is -0.140. The molecular weight excluding hydrogens is 98.1 g/mol. The Kier molecular flexibility index (Phi) is 1.26. The number of halogens is 2. The first-order valence-electron chi connectivity index (χ1n) is 2.59. The standard InChI is InChI=1S/C5H8F2/c6-4-2-1-3-5(4)7/h4-5H,1-3H2/t4-,5-/m0/s1. The van der Waals surface area contributed by atoms with E-state index in [0.717, 1.165) is 6.42 Å². The lowest BCUT2D eigenvalue weighted by atomic mass is 10.3. The van der Waals surface area contributed by atoms with Gasteiger partial charge in [0.2, 0.25) is 0 Å². The van der Waals surface area contributed by atoms with Gasteiger partial charge in [-0.25, -0.2) is 8.78 Å². The quantitative estimate of drug-likeness (QED) is 0.442. The molecule has 1 saturated carbocycles. The molecule has 0 amide bonds. The van der Waals surface area contributed by atoms with E-state index in [1.165, 1.54) is 0 Å². The van der Waals surface area contributed by atoms with Gasteiger partial charge in [-0.05, 0) is 19.3 Å². The third-order valence-electron chi connectivity index (χ3n) is 1.35. The molecular formula is C5H8F2. The predicted octanol–water partition coefficient (Wildman–Crippen LogP) is 1.85. The van der Waals surface area contributed by atoms with E-state index in [-0.39, 0.29) is 0 Å². The molecule has 7 heavy (non-hydrogen) atoms. The molecule has 0 aromatic rings. The minimum atomic E-state index is -1.15. The molecule has 2 heteroatoms. The number of rotatable bonds is 0. The van der Waals surface area contributed by atoms with Crippen molar-refractivity contribution in [3.8, 4) is 0 Å². The lowest BCUT2D eigenvalue weighted by Crippen LogP contribution is -2.06. The van der Waals surface area contributed by atoms with E-state index in [1.54, 1.807) is 0 Å². The van der Waals surface area contributed by atoms with E-state index in [9.17, 15) is 8.78 Å². The highest BCUT2D eigenvalue weighted by atomic mass is 19.2. The van der Waals surface area contributed by atoms with Crippen LogP contribution in [0.3, 0.4) is 0 Å². The minimum Gasteiger partial charge on any atom is -0.244 e. The second-order valence-corrected chi connectivity index (χ2v) is 1.96. The summed E-state index contributed by atoms with van der Waals surface area (Å²) < 4.78 is 23.9. The van der Waals surface area contributed by atoms with Crippen LogP contribution in [0.5, 0.6) is 0 Å². The van der Waals surface area contributed by atoms with Crippen LogP contribution in [0.1, 0.15) is 19.3 Å². The summed E-state index contributed by atoms with van der Waals surface area (Å²) in [4.78, 5) is 0. The van der Waals surface area contributed by atoms with Crippen LogP contribution in [0, 0.1) is 0 Å². The molecule has 1 aliphatic carbocycles. The van der Waals surface area contributed by atoms with Crippen LogP contribution in [0.2, 0.25) is 0 Å². The van der Waals surface area contributed by atoms with Crippen LogP contribution >= 0.6 is 0 Å². The Balaban J connectivity index is 2.33. The maximum Gasteiger partial charge on any atom is 0.131 e. The fraction of sp³-hybridized carbons (Fsp3) is 1.00. The molecule has 0 saturated heterocycles. The molecule has 0 aromatic heterocycles. The number of alkyl halides is 2. The number of hydrogen-bond acceptors (Lipinski definition) is 0. The smallest absolute Gasteiger partial charge is 0.131 e. The van der Waals surface area contributed by atoms with Crippen LogP contribution < -0.4 is 0 Å². The summed E-state index contributed by atoms with van der Waals surface area (Å²) >= 11 is 0. The van der Waals surface area contributed by atoms with Crippen LogP contribution in [0.15, 0.2) is 0 Å². The first-order valence-corrected chi connectivity index (χ1v) is 2.59. The molecule has 1 aliphatic rings. The Morgan fingerprint density at radius 2 is 1.43 bits per heavy atom. The SMILES string of the molecule is F[C@H]1CCC[C@@H]1F. The third-order valence-corrected chi connectivity index (χ3v) is 1.35. The summed E-state index contributed by atoms with van der Waals surface area (Å²) in [6.07, 6.45) is -0.718. The van der Waals surface area contributed by atoms with Crippen LogP contribution in [0.25, 0.3) is 0 Å². The maximum atomic E-state index is 11.9. The first-order chi connectivity index (χ1) is 3.30. The van der Waals surface area contributed by atoms with Crippen molar-refractivity contribution in [1.29, 1.82) is 0 Å². The molecule has 0 aliphatic heterocycles. The Morgan fingerprint density at radius 3 is 1.57 bits per heavy atom. The van der Waals surface area contributed by atoms with Gasteiger partial charge in [0, 0.05) is 0 Å². The highest BCUT2D eigenvalue weighted by molar-refractivity contribution is 4.75. The van der Waals surface area contributed by atoms with E-state index in [0.29, 0.717) is 12.8 Å². The van der Waals surface area contributed by atoms with E-state index < -0.39 is 12.3 Å². The molecule has 0 heterocycles. The van der Waals surface area contributed by atoms with Crippen molar-refractivity contribution in [3.05, 3.63) is 0 Å². The average Bonchev–Trinajstić information content (AvgIpc) is 1.91. The molecule has 1 rings (SSSR count). The van der Waals surface area contributed by atoms with E-state index in [2.05, 4.69) is 0 Å². The molecule has 0 unspecified atom stereocenters. The van der Waals surface area contributed by atoms with E-state index in [1.807, 2.05) is 0 Å². The fourth-order valence-electron chi connectivity index (χ4n) is 0.870. The zero-order valence-corrected chi connectivity index (χ0v) is 4.03. The minimum absolute atomic E-state index is 0.432. The summed E-state index contributed by atoms with van der Waals surface area (Å²) in [6, 6.07) is 0. The van der Waals surface area contributed by atoms with Gasteiger partial charge in [-0.1, -0.05) is 0 Å². The summed E-state index contributed by atoms with van der Waals surface area (Å²) in [5, 5.41) is 0. The van der Waals surface area contributed by atoms with Gasteiger partial charge in [0.1, 0.15) is 12.3 Å². The molecule has 1 fully saturated rings. The highest BCUT2D eigenvalue weighted by Gasteiger charge is 2.25. The molecule has 42 valence electrons. The Bertz CT molecular complexity index is 55.1. The molecule has 0 bridgehead atoms. The summed E-state index contributed by atoms with van der Waals surface area (Å²) in [5.41, 5.74) is 0. The topological polar surface area (TPSA) is 0 Å². The van der Waals surface area contributed by atoms with Gasteiger partial charge in [-0.3, -0.25) is 0 Å². The predicted molar refractivity (Wildman–Crippen MR) is 23.6 cm³/mol. The van der Waals surface area contributed by atoms with Crippen molar-refractivity contribution < 1.29 is 8.78 Å². The summed E-state index contributed by atoms with van der Waals surface area (Å²) in [7, 11) is 0. The van der Waals surface area contributed by atoms with Crippen LogP contribution in [0.4, 0.5) is 8.78 Å². The van der Waals surface area contributed by atoms with Gasteiger partial charge in [0.25, 0.3) is 0 Å². The highest BCUT2D eigenvalue weighted by Crippen LogP contribution is 2.24. The van der Waals surface area contributed by atoms with Gasteiger partial charge in [0.15, 0.2) is 0 Å². The second-order valence-electron chi connectivity index (χ2n) is 1.96. The van der Waals surface area contributed by atoms with Crippen molar-refractivity contribution in [2.24, 2.45) is 0 Å². The molecule has 0 radical (unpaired) electrons. The Morgan fingerprint density at radius 1 is 1.00 bits per heavy atom. The maximum absolute atomic E-state index is 11.9. The van der Waals surface area contributed by atoms with Gasteiger partial charge in [-0.15, -0.1) is 0 Å². The van der Waals surface area contributed by atoms with Crippen molar-refractivity contribution in [3.63, 3.8) is 0 Å². The first kappa shape index (κ1) is 5.01. The summed E-state index contributed by atoms with van der Waals surface area (Å²) in [5.74, 6) is 0. The Labute approximate surface area is 41.5 Å². The van der Waals surface area contributed by atoms with Crippen LogP contribution in [-0.4, -0.2) is 12.3 Å². The lowest BCUT2D eigenvalue weighted by Gasteiger charge is -1.96. The van der Waals surface area contributed by atoms with E-state index >= 15 is 0 Å². The largest absolute Gasteiger partial charge is 0.244 e. The molecule has 0 nitrogen and oxygen atoms in total. The van der Waals surface area contributed by atoms with Crippen LogP contribution in [-0.2, 0) is 0 Å². The second kappa shape index (κ2) is 1.76. The van der Waals surface area contributed by atoms with Crippen molar-refractivity contribution in [2.45, 2.75) is 31.6 Å². The zero-order chi connectivity index (χ0) is 5.28. The average molecular weight is 106 g/mol. The van der Waals surface area contributed by atoms with Crippen molar-refractivity contribution >= 4 is 0 Å². The normalized spacial score (nSPS) is 42.0. The molecule has 0 spiro atoms. The van der Waals surface area contributed by atoms with Gasteiger partial charge >= 0.3 is 0 Å². The van der Waals surface area contributed by atoms with Crippen molar-refractivity contribution in [2.75, 3.05) is 0 Å². The zero-order valence-electron chi connectivity index (χ0n) is 4.03. The van der Waals surface area contributed by atoms with Gasteiger partial charge in [0.05, 0.1) is 0 Å². The third kappa shape index (κ3) is 0.898. The summed E-state index contributed by atoms with van der Waals surface area (Å²) in [6.45, 7) is 0. The lowest BCUT2D eigenvalue weighted by molar-refractivity contribution is 0.199. The molecule has 0 N–H and O–H groups in total. The monoisotopic (exact) mass is 106 g/mol. The molecule has 0 aromatic carbocycles. The number of hydrogen-bond donors (Lipinski definition) is 0. The molecule has 2 atom stereocenters. The van der Waals surface area contributed by atoms with Gasteiger partial charge in [-0.2, -0.15) is 0 Å². The van der Waals surface area contributed by atoms with Gasteiger partial charge < -0.3 is 0 Å². The fourth-order valence-corrected chi connectivity index (χ4v) is 0.870. The van der Waals surface area contributed by atoms with Crippen molar-refractivity contribution in [1.82, 2.24) is 0 Å².